The first-order valence-corrected chi connectivity index (χ1v) is 17.8. The zero-order valence-corrected chi connectivity index (χ0v) is 30.4. The third-order valence-electron chi connectivity index (χ3n) is 9.20. The fraction of sp³-hybridized carbons (Fsp3) is 0.341. The molecule has 0 bridgehead atoms. The van der Waals surface area contributed by atoms with Crippen molar-refractivity contribution in [2.75, 3.05) is 26.2 Å². The van der Waals surface area contributed by atoms with Crippen molar-refractivity contribution in [2.45, 2.75) is 65.0 Å². The number of benzene rings is 3. The van der Waals surface area contributed by atoms with Gasteiger partial charge in [0, 0.05) is 55.8 Å². The van der Waals surface area contributed by atoms with Crippen molar-refractivity contribution in [3.05, 3.63) is 118 Å². The van der Waals surface area contributed by atoms with Crippen LogP contribution in [-0.2, 0) is 24.6 Å². The smallest absolute Gasteiger partial charge is 0.321 e. The van der Waals surface area contributed by atoms with Crippen LogP contribution in [0.4, 0.5) is 0 Å². The molecule has 5 rings (SSSR count). The Morgan fingerprint density at radius 1 is 1.06 bits per heavy atom. The zero-order valence-electron chi connectivity index (χ0n) is 29.6. The number of rotatable bonds is 18. The molecule has 1 aliphatic heterocycles. The largest absolute Gasteiger partial charge is 0.493 e. The Bertz CT molecular complexity index is 1910. The summed E-state index contributed by atoms with van der Waals surface area (Å²) in [5.74, 6) is 0.719. The number of aliphatic hydroxyl groups is 1. The molecule has 1 unspecified atom stereocenters. The van der Waals surface area contributed by atoms with Gasteiger partial charge in [0.05, 0.1) is 23.3 Å². The molecular formula is C41H45ClN4O6. The van der Waals surface area contributed by atoms with Gasteiger partial charge in [-0.25, -0.2) is 0 Å². The van der Waals surface area contributed by atoms with Crippen molar-refractivity contribution >= 4 is 17.6 Å². The van der Waals surface area contributed by atoms with E-state index in [1.54, 1.807) is 30.5 Å². The summed E-state index contributed by atoms with van der Waals surface area (Å²) in [4.78, 5) is 18.1. The van der Waals surface area contributed by atoms with Gasteiger partial charge in [0.25, 0.3) is 0 Å². The normalized spacial score (nSPS) is 14.8. The van der Waals surface area contributed by atoms with Crippen LogP contribution in [0.15, 0.2) is 79.6 Å². The van der Waals surface area contributed by atoms with Gasteiger partial charge in [-0.15, -0.1) is 6.58 Å². The van der Waals surface area contributed by atoms with E-state index in [9.17, 15) is 20.3 Å². The maximum atomic E-state index is 11.8. The molecular weight excluding hydrogens is 680 g/mol. The molecule has 2 atom stereocenters. The molecule has 0 amide bonds. The van der Waals surface area contributed by atoms with Crippen molar-refractivity contribution in [2.24, 2.45) is 0 Å². The lowest BCUT2D eigenvalue weighted by Crippen LogP contribution is -2.35. The Hall–Kier alpha value is -4.92. The summed E-state index contributed by atoms with van der Waals surface area (Å²) >= 11 is 6.75. The van der Waals surface area contributed by atoms with Gasteiger partial charge in [-0.2, -0.15) is 5.26 Å². The van der Waals surface area contributed by atoms with E-state index in [0.717, 1.165) is 66.0 Å². The third-order valence-corrected chi connectivity index (χ3v) is 9.50. The molecule has 0 aliphatic carbocycles. The number of pyridine rings is 1. The monoisotopic (exact) mass is 724 g/mol. The number of halogens is 1. The van der Waals surface area contributed by atoms with Crippen LogP contribution in [0.3, 0.4) is 0 Å². The number of carboxylic acids is 1. The zero-order chi connectivity index (χ0) is 37.0. The topological polar surface area (TPSA) is 137 Å². The molecule has 1 aromatic heterocycles. The Morgan fingerprint density at radius 2 is 1.83 bits per heavy atom. The van der Waals surface area contributed by atoms with Crippen molar-refractivity contribution in [3.8, 4) is 34.4 Å². The molecule has 3 N–H and O–H groups in total. The molecule has 3 aromatic carbocycles. The van der Waals surface area contributed by atoms with Gasteiger partial charge < -0.3 is 29.3 Å². The van der Waals surface area contributed by atoms with E-state index in [2.05, 4.69) is 53.8 Å². The van der Waals surface area contributed by atoms with Crippen molar-refractivity contribution < 1.29 is 29.2 Å². The van der Waals surface area contributed by atoms with Crippen LogP contribution >= 0.6 is 11.6 Å². The van der Waals surface area contributed by atoms with Gasteiger partial charge in [0.15, 0.2) is 0 Å². The van der Waals surface area contributed by atoms with Gasteiger partial charge in [-0.1, -0.05) is 48.0 Å². The van der Waals surface area contributed by atoms with E-state index in [1.165, 1.54) is 6.20 Å². The van der Waals surface area contributed by atoms with Crippen molar-refractivity contribution in [1.29, 1.82) is 5.26 Å². The van der Waals surface area contributed by atoms with E-state index in [1.807, 2.05) is 24.3 Å². The first kappa shape index (κ1) is 38.3. The molecule has 4 aromatic rings. The lowest BCUT2D eigenvalue weighted by Gasteiger charge is -2.19. The van der Waals surface area contributed by atoms with Crippen LogP contribution in [-0.4, -0.2) is 64.5 Å². The summed E-state index contributed by atoms with van der Waals surface area (Å²) in [6.45, 7) is 11.5. The lowest BCUT2D eigenvalue weighted by molar-refractivity contribution is -0.139. The Labute approximate surface area is 310 Å². The van der Waals surface area contributed by atoms with E-state index in [4.69, 9.17) is 25.8 Å². The quantitative estimate of drug-likeness (QED) is 0.0727. The average Bonchev–Trinajstić information content (AvgIpc) is 3.56. The van der Waals surface area contributed by atoms with Crippen LogP contribution in [0.5, 0.6) is 17.2 Å². The molecule has 11 heteroatoms. The number of aromatic nitrogens is 1. The number of β-amino-alcohol motifs (C(OH)–C–C–N with tert-alkyl or cyclic N) is 1. The van der Waals surface area contributed by atoms with Crippen molar-refractivity contribution in [1.82, 2.24) is 15.2 Å². The van der Waals surface area contributed by atoms with Gasteiger partial charge in [-0.05, 0) is 79.1 Å². The van der Waals surface area contributed by atoms with E-state index < -0.39 is 12.0 Å². The third kappa shape index (κ3) is 10.1. The Balaban J connectivity index is 1.31. The summed E-state index contributed by atoms with van der Waals surface area (Å²) in [6.07, 6.45) is 6.41. The number of nitrogens with zero attached hydrogens (tertiary/aromatic N) is 3. The highest BCUT2D eigenvalue weighted by Gasteiger charge is 2.20. The molecule has 272 valence electrons. The molecule has 1 fully saturated rings. The first-order valence-electron chi connectivity index (χ1n) is 17.4. The minimum atomic E-state index is -0.991. The Kier molecular flexibility index (Phi) is 13.7. The van der Waals surface area contributed by atoms with Crippen LogP contribution in [0.2, 0.25) is 5.02 Å². The predicted octanol–water partition coefficient (Wildman–Crippen LogP) is 7.00. The lowest BCUT2D eigenvalue weighted by atomic mass is 9.93. The summed E-state index contributed by atoms with van der Waals surface area (Å²) in [7, 11) is 0. The molecule has 1 aliphatic rings. The van der Waals surface area contributed by atoms with Crippen LogP contribution in [0, 0.1) is 25.2 Å². The van der Waals surface area contributed by atoms with Crippen molar-refractivity contribution in [3.63, 3.8) is 0 Å². The van der Waals surface area contributed by atoms with Gasteiger partial charge in [0.2, 0.25) is 0 Å². The highest BCUT2D eigenvalue weighted by atomic mass is 35.5. The molecule has 0 spiro atoms. The maximum Gasteiger partial charge on any atom is 0.321 e. The fourth-order valence-corrected chi connectivity index (χ4v) is 6.50. The standard InChI is InChI=1S/C41H45ClN4O6/c1-4-8-37(41(48)49)45-23-32-18-36(42)40(19-39(32)51-25-30-17-29(20-43)21-44-22-30)52-26-31-9-5-10-34(27(31)2)35-11-6-12-38(28(35)3)50-16-7-14-46-15-13-33(47)24-46/h4-6,9-12,17-19,21-22,33,37,45,47H,1,7-8,13-16,23-26H2,2-3H3,(H,48,49)/t33-,37?/m1/s1. The first-order chi connectivity index (χ1) is 25.2. The minimum Gasteiger partial charge on any atom is -0.493 e. The second-order valence-electron chi connectivity index (χ2n) is 12.9. The van der Waals surface area contributed by atoms with E-state index in [0.29, 0.717) is 39.8 Å². The number of aliphatic carboxylic acids is 1. The van der Waals surface area contributed by atoms with E-state index in [-0.39, 0.29) is 32.3 Å². The molecule has 1 saturated heterocycles. The Morgan fingerprint density at radius 3 is 2.56 bits per heavy atom. The number of ether oxygens (including phenoxy) is 3. The van der Waals surface area contributed by atoms with Gasteiger partial charge >= 0.3 is 5.97 Å². The molecule has 0 saturated carbocycles. The van der Waals surface area contributed by atoms with Crippen LogP contribution in [0.25, 0.3) is 11.1 Å². The summed E-state index contributed by atoms with van der Waals surface area (Å²) in [5, 5.41) is 32.1. The fourth-order valence-electron chi connectivity index (χ4n) is 6.25. The number of carbonyl (C=O) groups is 1. The molecule has 52 heavy (non-hydrogen) atoms. The highest BCUT2D eigenvalue weighted by molar-refractivity contribution is 6.32. The van der Waals surface area contributed by atoms with E-state index >= 15 is 0 Å². The number of nitrogens with one attached hydrogen (secondary N) is 1. The molecule has 2 heterocycles. The highest BCUT2D eigenvalue weighted by Crippen LogP contribution is 2.36. The number of nitriles is 1. The number of likely N-dealkylation sites (tertiary alicyclic amines) is 1. The SMILES string of the molecule is C=CCC(NCc1cc(Cl)c(OCc2cccc(-c3cccc(OCCCN4CC[C@@H](O)C4)c3C)c2C)cc1OCc1cncc(C#N)c1)C(=O)O. The number of aliphatic hydroxyl groups excluding tert-OH is 1. The average molecular weight is 725 g/mol. The second kappa shape index (κ2) is 18.5. The van der Waals surface area contributed by atoms with Gasteiger partial charge in [-0.3, -0.25) is 15.1 Å². The minimum absolute atomic E-state index is 0.122. The number of hydrogen-bond acceptors (Lipinski definition) is 9. The predicted molar refractivity (Wildman–Crippen MR) is 201 cm³/mol. The second-order valence-corrected chi connectivity index (χ2v) is 13.3. The van der Waals surface area contributed by atoms with Crippen LogP contribution < -0.4 is 19.5 Å². The van der Waals surface area contributed by atoms with Crippen LogP contribution in [0.1, 0.15) is 52.6 Å². The molecule has 10 nitrogen and oxygen atoms in total. The molecule has 0 radical (unpaired) electrons. The summed E-state index contributed by atoms with van der Waals surface area (Å²) in [5.41, 5.74) is 7.02. The number of hydrogen-bond donors (Lipinski definition) is 3. The summed E-state index contributed by atoms with van der Waals surface area (Å²) < 4.78 is 18.7. The van der Waals surface area contributed by atoms with Gasteiger partial charge in [0.1, 0.15) is 42.6 Å². The maximum absolute atomic E-state index is 11.8. The number of carboxylic acid groups (broad SMARTS) is 1. The summed E-state index contributed by atoms with van der Waals surface area (Å²) in [6, 6.07) is 18.6.